The lowest BCUT2D eigenvalue weighted by Gasteiger charge is -2.23. The molecule has 2 heteroatoms. The van der Waals surface area contributed by atoms with E-state index < -0.39 is 0 Å². The number of nitrogens with one attached hydrogen (secondary N) is 2. The van der Waals surface area contributed by atoms with Gasteiger partial charge in [0.1, 0.15) is 0 Å². The zero-order valence-electron chi connectivity index (χ0n) is 7.27. The third kappa shape index (κ3) is 1.94. The molecule has 0 aromatic carbocycles. The van der Waals surface area contributed by atoms with Gasteiger partial charge in [0.2, 0.25) is 0 Å². The summed E-state index contributed by atoms with van der Waals surface area (Å²) in [7, 11) is 0. The maximum Gasteiger partial charge on any atom is 0.00989 e. The molecule has 1 aliphatic carbocycles. The SMILES string of the molecule is C[C@H]1C[C@@H]1NC1CCNCC1. The van der Waals surface area contributed by atoms with Gasteiger partial charge >= 0.3 is 0 Å². The van der Waals surface area contributed by atoms with Gasteiger partial charge < -0.3 is 10.6 Å². The molecule has 0 radical (unpaired) electrons. The molecular weight excluding hydrogens is 136 g/mol. The largest absolute Gasteiger partial charge is 0.317 e. The van der Waals surface area contributed by atoms with E-state index in [4.69, 9.17) is 0 Å². The highest BCUT2D eigenvalue weighted by molar-refractivity contribution is 4.92. The predicted octanol–water partition coefficient (Wildman–Crippen LogP) is 0.736. The molecule has 1 aliphatic heterocycles. The second kappa shape index (κ2) is 3.11. The van der Waals surface area contributed by atoms with E-state index in [-0.39, 0.29) is 0 Å². The average Bonchev–Trinajstić information content (AvgIpc) is 2.69. The fourth-order valence-electron chi connectivity index (χ4n) is 1.85. The van der Waals surface area contributed by atoms with Crippen LogP contribution in [0.15, 0.2) is 0 Å². The summed E-state index contributed by atoms with van der Waals surface area (Å²) >= 11 is 0. The summed E-state index contributed by atoms with van der Waals surface area (Å²) in [6, 6.07) is 1.67. The van der Waals surface area contributed by atoms with Crippen LogP contribution in [0.2, 0.25) is 0 Å². The van der Waals surface area contributed by atoms with E-state index in [1.54, 1.807) is 0 Å². The van der Waals surface area contributed by atoms with Crippen molar-refractivity contribution < 1.29 is 0 Å². The molecule has 64 valence electrons. The molecule has 2 atom stereocenters. The van der Waals surface area contributed by atoms with Crippen LogP contribution in [0.25, 0.3) is 0 Å². The van der Waals surface area contributed by atoms with Crippen molar-refractivity contribution in [3.05, 3.63) is 0 Å². The van der Waals surface area contributed by atoms with Gasteiger partial charge in [-0.2, -0.15) is 0 Å². The average molecular weight is 154 g/mol. The van der Waals surface area contributed by atoms with Gasteiger partial charge in [0.05, 0.1) is 0 Å². The maximum absolute atomic E-state index is 3.70. The normalized spacial score (nSPS) is 39.0. The molecule has 0 aromatic heterocycles. The highest BCUT2D eigenvalue weighted by atomic mass is 15.0. The van der Waals surface area contributed by atoms with Gasteiger partial charge in [-0.3, -0.25) is 0 Å². The van der Waals surface area contributed by atoms with Crippen LogP contribution in [0.1, 0.15) is 26.2 Å². The summed E-state index contributed by atoms with van der Waals surface area (Å²) in [6.45, 7) is 4.75. The lowest BCUT2D eigenvalue weighted by atomic mass is 10.1. The van der Waals surface area contributed by atoms with Crippen molar-refractivity contribution in [3.8, 4) is 0 Å². The number of piperidine rings is 1. The van der Waals surface area contributed by atoms with Crippen LogP contribution in [-0.2, 0) is 0 Å². The molecule has 0 amide bonds. The highest BCUT2D eigenvalue weighted by Crippen LogP contribution is 2.30. The van der Waals surface area contributed by atoms with Crippen molar-refractivity contribution in [2.45, 2.75) is 38.3 Å². The molecule has 0 spiro atoms. The lowest BCUT2D eigenvalue weighted by Crippen LogP contribution is -2.41. The minimum absolute atomic E-state index is 0.811. The molecule has 0 aromatic rings. The molecule has 0 unspecified atom stereocenters. The summed E-state index contributed by atoms with van der Waals surface area (Å²) in [5.74, 6) is 0.949. The van der Waals surface area contributed by atoms with Gasteiger partial charge in [0.25, 0.3) is 0 Å². The van der Waals surface area contributed by atoms with Crippen molar-refractivity contribution in [2.75, 3.05) is 13.1 Å². The fraction of sp³-hybridized carbons (Fsp3) is 1.00. The van der Waals surface area contributed by atoms with E-state index in [9.17, 15) is 0 Å². The molecule has 2 nitrogen and oxygen atoms in total. The minimum atomic E-state index is 0.811. The first-order valence-electron chi connectivity index (χ1n) is 4.83. The van der Waals surface area contributed by atoms with E-state index in [1.165, 1.54) is 32.4 Å². The minimum Gasteiger partial charge on any atom is -0.317 e. The second-order valence-corrected chi connectivity index (χ2v) is 4.01. The van der Waals surface area contributed by atoms with Crippen molar-refractivity contribution >= 4 is 0 Å². The quantitative estimate of drug-likeness (QED) is 0.613. The Balaban J connectivity index is 1.68. The number of rotatable bonds is 2. The van der Waals surface area contributed by atoms with Crippen molar-refractivity contribution in [1.29, 1.82) is 0 Å². The fourth-order valence-corrected chi connectivity index (χ4v) is 1.85. The maximum atomic E-state index is 3.70. The van der Waals surface area contributed by atoms with E-state index >= 15 is 0 Å². The van der Waals surface area contributed by atoms with E-state index in [1.807, 2.05) is 0 Å². The van der Waals surface area contributed by atoms with Crippen molar-refractivity contribution in [3.63, 3.8) is 0 Å². The zero-order valence-corrected chi connectivity index (χ0v) is 7.27. The van der Waals surface area contributed by atoms with Crippen LogP contribution >= 0.6 is 0 Å². The molecule has 2 N–H and O–H groups in total. The lowest BCUT2D eigenvalue weighted by molar-refractivity contribution is 0.380. The Morgan fingerprint density at radius 1 is 1.27 bits per heavy atom. The Kier molecular flexibility index (Phi) is 2.14. The van der Waals surface area contributed by atoms with Crippen LogP contribution in [0.3, 0.4) is 0 Å². The van der Waals surface area contributed by atoms with Gasteiger partial charge in [-0.15, -0.1) is 0 Å². The van der Waals surface area contributed by atoms with Crippen LogP contribution in [0, 0.1) is 5.92 Å². The molecular formula is C9H18N2. The van der Waals surface area contributed by atoms with Crippen LogP contribution in [0.5, 0.6) is 0 Å². The summed E-state index contributed by atoms with van der Waals surface area (Å²) < 4.78 is 0. The highest BCUT2D eigenvalue weighted by Gasteiger charge is 2.33. The first-order chi connectivity index (χ1) is 5.36. The van der Waals surface area contributed by atoms with E-state index in [0.29, 0.717) is 0 Å². The van der Waals surface area contributed by atoms with Gasteiger partial charge in [-0.05, 0) is 38.3 Å². The van der Waals surface area contributed by atoms with Gasteiger partial charge in [-0.1, -0.05) is 6.92 Å². The molecule has 2 aliphatic rings. The second-order valence-electron chi connectivity index (χ2n) is 4.01. The van der Waals surface area contributed by atoms with Crippen molar-refractivity contribution in [1.82, 2.24) is 10.6 Å². The topological polar surface area (TPSA) is 24.1 Å². The smallest absolute Gasteiger partial charge is 0.00989 e. The standard InChI is InChI=1S/C9H18N2/c1-7-6-9(7)11-8-2-4-10-5-3-8/h7-11H,2-6H2,1H3/t7-,9-/m0/s1. The molecule has 1 saturated heterocycles. The first kappa shape index (κ1) is 7.56. The Morgan fingerprint density at radius 2 is 1.91 bits per heavy atom. The van der Waals surface area contributed by atoms with E-state index in [2.05, 4.69) is 17.6 Å². The van der Waals surface area contributed by atoms with Crippen molar-refractivity contribution in [2.24, 2.45) is 5.92 Å². The van der Waals surface area contributed by atoms with Gasteiger partial charge in [-0.25, -0.2) is 0 Å². The first-order valence-corrected chi connectivity index (χ1v) is 4.83. The van der Waals surface area contributed by atoms with Crippen LogP contribution in [0.4, 0.5) is 0 Å². The van der Waals surface area contributed by atoms with Gasteiger partial charge in [0.15, 0.2) is 0 Å². The number of hydrogen-bond acceptors (Lipinski definition) is 2. The Labute approximate surface area is 68.7 Å². The number of hydrogen-bond donors (Lipinski definition) is 2. The zero-order chi connectivity index (χ0) is 7.68. The Hall–Kier alpha value is -0.0800. The van der Waals surface area contributed by atoms with Crippen LogP contribution < -0.4 is 10.6 Å². The third-order valence-electron chi connectivity index (χ3n) is 2.90. The molecule has 1 heterocycles. The van der Waals surface area contributed by atoms with Gasteiger partial charge in [0, 0.05) is 12.1 Å². The molecule has 11 heavy (non-hydrogen) atoms. The summed E-state index contributed by atoms with van der Waals surface area (Å²) in [4.78, 5) is 0. The van der Waals surface area contributed by atoms with Crippen LogP contribution in [-0.4, -0.2) is 25.2 Å². The molecule has 2 fully saturated rings. The predicted molar refractivity (Wildman–Crippen MR) is 46.6 cm³/mol. The summed E-state index contributed by atoms with van der Waals surface area (Å²) in [5, 5.41) is 7.08. The van der Waals surface area contributed by atoms with E-state index in [0.717, 1.165) is 18.0 Å². The Bertz CT molecular complexity index is 130. The summed E-state index contributed by atoms with van der Waals surface area (Å²) in [6.07, 6.45) is 4.05. The molecule has 0 bridgehead atoms. The monoisotopic (exact) mass is 154 g/mol. The summed E-state index contributed by atoms with van der Waals surface area (Å²) in [5.41, 5.74) is 0. The molecule has 1 saturated carbocycles. The third-order valence-corrected chi connectivity index (χ3v) is 2.90. The molecule has 2 rings (SSSR count). The Morgan fingerprint density at radius 3 is 2.45 bits per heavy atom.